The van der Waals surface area contributed by atoms with Gasteiger partial charge in [-0.2, -0.15) is 0 Å². The predicted molar refractivity (Wildman–Crippen MR) is 111 cm³/mol. The Bertz CT molecular complexity index is 1050. The first kappa shape index (κ1) is 20.5. The van der Waals surface area contributed by atoms with E-state index in [1.54, 1.807) is 33.9 Å². The summed E-state index contributed by atoms with van der Waals surface area (Å²) in [6.45, 7) is 5.73. The number of nitro groups is 1. The summed E-state index contributed by atoms with van der Waals surface area (Å²) in [6, 6.07) is 14.4. The Morgan fingerprint density at radius 3 is 2.41 bits per heavy atom. The van der Waals surface area contributed by atoms with Gasteiger partial charge < -0.3 is 9.47 Å². The van der Waals surface area contributed by atoms with Crippen LogP contribution in [0.3, 0.4) is 0 Å². The molecule has 0 unspecified atom stereocenters. The second-order valence-corrected chi connectivity index (χ2v) is 7.76. The first-order valence-corrected chi connectivity index (χ1v) is 9.32. The van der Waals surface area contributed by atoms with Crippen LogP contribution in [-0.2, 0) is 15.9 Å². The lowest BCUT2D eigenvalue weighted by Crippen LogP contribution is -2.27. The number of benzene rings is 2. The molecular weight excluding hydrogens is 372 g/mol. The van der Waals surface area contributed by atoms with Gasteiger partial charge in [0.25, 0.3) is 5.69 Å². The standard InChI is InChI=1S/C22H24N2O5/c1-22(2,3)29-21(25)23-18(16-8-6-5-7-9-16)14-17-12-15(10-11-28-4)13-19(20(17)23)24(26)27/h5-9,12-14H,10-11H2,1-4H3. The fourth-order valence-corrected chi connectivity index (χ4v) is 3.21. The molecule has 0 spiro atoms. The highest BCUT2D eigenvalue weighted by Gasteiger charge is 2.28. The van der Waals surface area contributed by atoms with Crippen LogP contribution in [0.1, 0.15) is 26.3 Å². The molecule has 3 rings (SSSR count). The fraction of sp³-hybridized carbons (Fsp3) is 0.318. The Morgan fingerprint density at radius 1 is 1.14 bits per heavy atom. The summed E-state index contributed by atoms with van der Waals surface area (Å²) < 4.78 is 12.0. The van der Waals surface area contributed by atoms with Crippen molar-refractivity contribution >= 4 is 22.7 Å². The van der Waals surface area contributed by atoms with Gasteiger partial charge in [0.05, 0.1) is 17.2 Å². The van der Waals surface area contributed by atoms with Crippen molar-refractivity contribution in [1.29, 1.82) is 0 Å². The summed E-state index contributed by atoms with van der Waals surface area (Å²) in [4.78, 5) is 24.5. The molecular formula is C22H24N2O5. The van der Waals surface area contributed by atoms with E-state index in [1.807, 2.05) is 36.4 Å². The van der Waals surface area contributed by atoms with Crippen LogP contribution < -0.4 is 0 Å². The lowest BCUT2D eigenvalue weighted by atomic mass is 10.1. The van der Waals surface area contributed by atoms with Crippen LogP contribution in [0.15, 0.2) is 48.5 Å². The van der Waals surface area contributed by atoms with Crippen LogP contribution in [0, 0.1) is 10.1 Å². The summed E-state index contributed by atoms with van der Waals surface area (Å²) in [7, 11) is 1.58. The lowest BCUT2D eigenvalue weighted by Gasteiger charge is -2.21. The number of hydrogen-bond acceptors (Lipinski definition) is 5. The second kappa shape index (κ2) is 8.05. The molecule has 7 nitrogen and oxygen atoms in total. The van der Waals surface area contributed by atoms with Crippen LogP contribution in [0.25, 0.3) is 22.2 Å². The molecule has 0 amide bonds. The molecule has 0 aliphatic rings. The molecule has 0 fully saturated rings. The summed E-state index contributed by atoms with van der Waals surface area (Å²) in [5.41, 5.74) is 1.43. The van der Waals surface area contributed by atoms with E-state index in [-0.39, 0.29) is 11.2 Å². The second-order valence-electron chi connectivity index (χ2n) is 7.76. The highest BCUT2D eigenvalue weighted by Crippen LogP contribution is 2.35. The maximum atomic E-state index is 13.1. The van der Waals surface area contributed by atoms with Gasteiger partial charge in [0.2, 0.25) is 0 Å². The summed E-state index contributed by atoms with van der Waals surface area (Å²) in [5, 5.41) is 12.5. The third kappa shape index (κ3) is 4.46. The van der Waals surface area contributed by atoms with Gasteiger partial charge in [0, 0.05) is 18.6 Å². The number of fused-ring (bicyclic) bond motifs is 1. The molecule has 2 aromatic carbocycles. The van der Waals surface area contributed by atoms with E-state index < -0.39 is 16.6 Å². The van der Waals surface area contributed by atoms with Crippen LogP contribution in [0.5, 0.6) is 0 Å². The number of nitro benzene ring substituents is 1. The number of non-ortho nitro benzene ring substituents is 1. The Balaban J connectivity index is 2.31. The third-order valence-electron chi connectivity index (χ3n) is 4.37. The SMILES string of the molecule is COCCc1cc([N+](=O)[O-])c2c(c1)cc(-c1ccccc1)n2C(=O)OC(C)(C)C. The Kier molecular flexibility index (Phi) is 5.70. The van der Waals surface area contributed by atoms with E-state index in [4.69, 9.17) is 9.47 Å². The number of rotatable bonds is 5. The van der Waals surface area contributed by atoms with E-state index in [9.17, 15) is 14.9 Å². The molecule has 0 aliphatic carbocycles. The molecule has 152 valence electrons. The average Bonchev–Trinajstić information content (AvgIpc) is 3.04. The first-order valence-electron chi connectivity index (χ1n) is 9.32. The topological polar surface area (TPSA) is 83.6 Å². The molecule has 0 radical (unpaired) electrons. The van der Waals surface area contributed by atoms with E-state index in [1.165, 1.54) is 10.6 Å². The van der Waals surface area contributed by atoms with E-state index in [0.717, 1.165) is 11.1 Å². The van der Waals surface area contributed by atoms with Crippen molar-refractivity contribution in [2.75, 3.05) is 13.7 Å². The summed E-state index contributed by atoms with van der Waals surface area (Å²) >= 11 is 0. The number of carbonyl (C=O) groups is 1. The molecule has 0 atom stereocenters. The maximum absolute atomic E-state index is 13.1. The van der Waals surface area contributed by atoms with Crippen molar-refractivity contribution in [2.45, 2.75) is 32.8 Å². The molecule has 1 heterocycles. The normalized spacial score (nSPS) is 11.6. The van der Waals surface area contributed by atoms with Crippen molar-refractivity contribution in [2.24, 2.45) is 0 Å². The van der Waals surface area contributed by atoms with Gasteiger partial charge in [-0.25, -0.2) is 9.36 Å². The quantitative estimate of drug-likeness (QED) is 0.438. The monoisotopic (exact) mass is 396 g/mol. The number of methoxy groups -OCH3 is 1. The number of carbonyl (C=O) groups excluding carboxylic acids is 1. The van der Waals surface area contributed by atoms with Gasteiger partial charge in [0.1, 0.15) is 11.1 Å². The lowest BCUT2D eigenvalue weighted by molar-refractivity contribution is -0.383. The number of nitrogens with zero attached hydrogens (tertiary/aromatic N) is 2. The zero-order valence-electron chi connectivity index (χ0n) is 17.0. The van der Waals surface area contributed by atoms with Crippen LogP contribution >= 0.6 is 0 Å². The molecule has 3 aromatic rings. The van der Waals surface area contributed by atoms with Gasteiger partial charge in [-0.1, -0.05) is 30.3 Å². The van der Waals surface area contributed by atoms with E-state index >= 15 is 0 Å². The zero-order chi connectivity index (χ0) is 21.2. The number of aromatic nitrogens is 1. The molecule has 1 aromatic heterocycles. The van der Waals surface area contributed by atoms with Crippen molar-refractivity contribution in [3.05, 3.63) is 64.2 Å². The largest absolute Gasteiger partial charge is 0.443 e. The molecule has 0 N–H and O–H groups in total. The predicted octanol–water partition coefficient (Wildman–Crippen LogP) is 5.19. The Labute approximate surface area is 169 Å². The van der Waals surface area contributed by atoms with Gasteiger partial charge in [-0.05, 0) is 50.5 Å². The van der Waals surface area contributed by atoms with Gasteiger partial charge in [-0.15, -0.1) is 0 Å². The minimum absolute atomic E-state index is 0.137. The molecule has 0 aliphatic heterocycles. The van der Waals surface area contributed by atoms with E-state index in [0.29, 0.717) is 24.1 Å². The van der Waals surface area contributed by atoms with Gasteiger partial charge in [0.15, 0.2) is 0 Å². The maximum Gasteiger partial charge on any atom is 0.419 e. The van der Waals surface area contributed by atoms with Crippen molar-refractivity contribution in [3.8, 4) is 11.3 Å². The Hall–Kier alpha value is -3.19. The number of hydrogen-bond donors (Lipinski definition) is 0. The summed E-state index contributed by atoms with van der Waals surface area (Å²) in [6.07, 6.45) is -0.120. The minimum atomic E-state index is -0.741. The first-order chi connectivity index (χ1) is 13.7. The fourth-order valence-electron chi connectivity index (χ4n) is 3.21. The van der Waals surface area contributed by atoms with Crippen molar-refractivity contribution in [3.63, 3.8) is 0 Å². The van der Waals surface area contributed by atoms with Crippen LogP contribution in [0.2, 0.25) is 0 Å². The van der Waals surface area contributed by atoms with Crippen molar-refractivity contribution in [1.82, 2.24) is 4.57 Å². The molecule has 29 heavy (non-hydrogen) atoms. The van der Waals surface area contributed by atoms with Gasteiger partial charge in [-0.3, -0.25) is 10.1 Å². The molecule has 0 saturated carbocycles. The molecule has 7 heteroatoms. The van der Waals surface area contributed by atoms with Crippen LogP contribution in [0.4, 0.5) is 10.5 Å². The highest BCUT2D eigenvalue weighted by molar-refractivity contribution is 6.01. The zero-order valence-corrected chi connectivity index (χ0v) is 17.0. The minimum Gasteiger partial charge on any atom is -0.443 e. The molecule has 0 bridgehead atoms. The third-order valence-corrected chi connectivity index (χ3v) is 4.37. The summed E-state index contributed by atoms with van der Waals surface area (Å²) in [5.74, 6) is 0. The van der Waals surface area contributed by atoms with Crippen molar-refractivity contribution < 1.29 is 19.2 Å². The van der Waals surface area contributed by atoms with Gasteiger partial charge >= 0.3 is 6.09 Å². The smallest absolute Gasteiger partial charge is 0.419 e. The Morgan fingerprint density at radius 2 is 1.83 bits per heavy atom. The highest BCUT2D eigenvalue weighted by atomic mass is 16.6. The average molecular weight is 396 g/mol. The number of ether oxygens (including phenoxy) is 2. The van der Waals surface area contributed by atoms with Crippen LogP contribution in [-0.4, -0.2) is 34.9 Å². The molecule has 0 saturated heterocycles. The van der Waals surface area contributed by atoms with E-state index in [2.05, 4.69) is 0 Å².